The molecule has 190 valence electrons. The van der Waals surface area contributed by atoms with Crippen LogP contribution in [0.15, 0.2) is 71.8 Å². The van der Waals surface area contributed by atoms with E-state index in [9.17, 15) is 19.7 Å². The van der Waals surface area contributed by atoms with Crippen molar-refractivity contribution >= 4 is 29.3 Å². The van der Waals surface area contributed by atoms with E-state index in [2.05, 4.69) is 5.10 Å². The van der Waals surface area contributed by atoms with Crippen LogP contribution in [0.5, 0.6) is 11.5 Å². The van der Waals surface area contributed by atoms with E-state index >= 15 is 0 Å². The number of ether oxygens (including phenoxy) is 2. The predicted octanol–water partition coefficient (Wildman–Crippen LogP) is 4.24. The lowest BCUT2D eigenvalue weighted by Crippen LogP contribution is -2.31. The molecule has 0 fully saturated rings. The third kappa shape index (κ3) is 5.58. The molecule has 1 aliphatic heterocycles. The first-order chi connectivity index (χ1) is 17.8. The van der Waals surface area contributed by atoms with Gasteiger partial charge in [-0.3, -0.25) is 19.7 Å². The highest BCUT2D eigenvalue weighted by Gasteiger charge is 2.33. The van der Waals surface area contributed by atoms with Gasteiger partial charge in [0.2, 0.25) is 0 Å². The van der Waals surface area contributed by atoms with Crippen LogP contribution in [0.1, 0.15) is 33.9 Å². The molecule has 10 heteroatoms. The molecule has 0 bridgehead atoms. The van der Waals surface area contributed by atoms with Gasteiger partial charge in [0.15, 0.2) is 18.1 Å². The van der Waals surface area contributed by atoms with Gasteiger partial charge in [-0.2, -0.15) is 5.10 Å². The fourth-order valence-electron chi connectivity index (χ4n) is 4.03. The highest BCUT2D eigenvalue weighted by molar-refractivity contribution is 6.03. The number of anilines is 1. The minimum absolute atomic E-state index is 0.0194. The largest absolute Gasteiger partial charge is 0.493 e. The number of hydrogen-bond acceptors (Lipinski definition) is 8. The Bertz CT molecular complexity index is 1340. The number of nitro benzene ring substituents is 1. The smallest absolute Gasteiger partial charge is 0.281 e. The third-order valence-electron chi connectivity index (χ3n) is 6.05. The van der Waals surface area contributed by atoms with E-state index in [1.54, 1.807) is 24.3 Å². The Morgan fingerprint density at radius 2 is 1.81 bits per heavy atom. The molecule has 0 radical (unpaired) electrons. The molecule has 0 saturated carbocycles. The first-order valence-electron chi connectivity index (χ1n) is 11.5. The zero-order valence-corrected chi connectivity index (χ0v) is 20.7. The highest BCUT2D eigenvalue weighted by Crippen LogP contribution is 2.34. The van der Waals surface area contributed by atoms with Gasteiger partial charge in [0.05, 0.1) is 23.8 Å². The van der Waals surface area contributed by atoms with Crippen molar-refractivity contribution in [3.05, 3.63) is 93.5 Å². The van der Waals surface area contributed by atoms with E-state index in [1.165, 1.54) is 30.3 Å². The summed E-state index contributed by atoms with van der Waals surface area (Å²) in [5, 5.41) is 17.0. The second kappa shape index (κ2) is 10.9. The monoisotopic (exact) mass is 502 g/mol. The molecule has 4 rings (SSSR count). The van der Waals surface area contributed by atoms with E-state index in [4.69, 9.17) is 9.47 Å². The van der Waals surface area contributed by atoms with Crippen LogP contribution < -0.4 is 14.4 Å². The first-order valence-corrected chi connectivity index (χ1v) is 11.5. The zero-order chi connectivity index (χ0) is 26.5. The number of amides is 1. The summed E-state index contributed by atoms with van der Waals surface area (Å²) < 4.78 is 11.0. The molecule has 1 aliphatic rings. The molecular formula is C27H26N4O6. The number of non-ortho nitro benzene ring substituents is 1. The molecular weight excluding hydrogens is 476 g/mol. The van der Waals surface area contributed by atoms with Crippen LogP contribution >= 0.6 is 0 Å². The van der Waals surface area contributed by atoms with Crippen LogP contribution in [-0.2, 0) is 4.79 Å². The summed E-state index contributed by atoms with van der Waals surface area (Å²) in [6.07, 6.45) is 1.13. The molecule has 0 saturated heterocycles. The minimum atomic E-state index is -0.460. The van der Waals surface area contributed by atoms with Gasteiger partial charge in [-0.1, -0.05) is 12.1 Å². The Morgan fingerprint density at radius 1 is 1.11 bits per heavy atom. The maximum Gasteiger partial charge on any atom is 0.281 e. The second-order valence-electron chi connectivity index (χ2n) is 8.61. The molecule has 0 aromatic heterocycles. The van der Waals surface area contributed by atoms with E-state index < -0.39 is 4.92 Å². The molecule has 1 unspecified atom stereocenters. The van der Waals surface area contributed by atoms with Gasteiger partial charge in [0.1, 0.15) is 6.29 Å². The molecule has 37 heavy (non-hydrogen) atoms. The van der Waals surface area contributed by atoms with Gasteiger partial charge in [-0.25, -0.2) is 5.01 Å². The second-order valence-corrected chi connectivity index (χ2v) is 8.61. The lowest BCUT2D eigenvalue weighted by Gasteiger charge is -2.23. The Balaban J connectivity index is 1.60. The number of rotatable bonds is 9. The Morgan fingerprint density at radius 3 is 2.41 bits per heavy atom. The van der Waals surface area contributed by atoms with Crippen molar-refractivity contribution in [2.24, 2.45) is 5.10 Å². The normalized spacial score (nSPS) is 14.6. The standard InChI is InChI=1S/C27H26N4O6/c1-29(2)21-9-7-20(8-10-21)24-15-23(19-5-11-22(12-6-19)31(34)35)28-30(24)27(33)17-37-25-13-4-18(16-32)14-26(25)36-3/h4-14,16,24H,15,17H2,1-3H3. The Labute approximate surface area is 213 Å². The highest BCUT2D eigenvalue weighted by atomic mass is 16.6. The molecule has 3 aromatic rings. The SMILES string of the molecule is COc1cc(C=O)ccc1OCC(=O)N1N=C(c2ccc([N+](=O)[O-])cc2)CC1c1ccc(N(C)C)cc1. The van der Waals surface area contributed by atoms with Gasteiger partial charge >= 0.3 is 0 Å². The number of benzene rings is 3. The fraction of sp³-hybridized carbons (Fsp3) is 0.222. The summed E-state index contributed by atoms with van der Waals surface area (Å²) in [6, 6.07) is 18.2. The maximum absolute atomic E-state index is 13.3. The van der Waals surface area contributed by atoms with Crippen molar-refractivity contribution in [2.75, 3.05) is 32.7 Å². The van der Waals surface area contributed by atoms with Crippen LogP contribution in [-0.4, -0.2) is 55.6 Å². The average Bonchev–Trinajstić information content (AvgIpc) is 3.37. The van der Waals surface area contributed by atoms with Gasteiger partial charge in [0.25, 0.3) is 11.6 Å². The van der Waals surface area contributed by atoms with Crippen molar-refractivity contribution in [1.82, 2.24) is 5.01 Å². The van der Waals surface area contributed by atoms with E-state index in [-0.39, 0.29) is 24.2 Å². The van der Waals surface area contributed by atoms with E-state index in [0.29, 0.717) is 41.0 Å². The van der Waals surface area contributed by atoms with E-state index in [0.717, 1.165) is 11.3 Å². The Kier molecular flexibility index (Phi) is 7.47. The predicted molar refractivity (Wildman–Crippen MR) is 138 cm³/mol. The molecule has 1 atom stereocenters. The van der Waals surface area contributed by atoms with Crippen LogP contribution in [0.2, 0.25) is 0 Å². The molecule has 3 aromatic carbocycles. The number of nitro groups is 1. The van der Waals surface area contributed by atoms with E-state index in [1.807, 2.05) is 43.3 Å². The number of carbonyl (C=O) groups is 2. The number of hydrogen-bond donors (Lipinski definition) is 0. The van der Waals surface area contributed by atoms with Crippen molar-refractivity contribution in [3.63, 3.8) is 0 Å². The van der Waals surface area contributed by atoms with Crippen LogP contribution in [0, 0.1) is 10.1 Å². The maximum atomic E-state index is 13.3. The Hall–Kier alpha value is -4.73. The number of hydrazone groups is 1. The summed E-state index contributed by atoms with van der Waals surface area (Å²) >= 11 is 0. The molecule has 1 heterocycles. The van der Waals surface area contributed by atoms with Crippen LogP contribution in [0.25, 0.3) is 0 Å². The number of carbonyl (C=O) groups excluding carboxylic acids is 2. The molecule has 1 amide bonds. The van der Waals surface area contributed by atoms with Gasteiger partial charge in [0, 0.05) is 43.9 Å². The molecule has 10 nitrogen and oxygen atoms in total. The number of methoxy groups -OCH3 is 1. The van der Waals surface area contributed by atoms with Crippen molar-refractivity contribution < 1.29 is 24.0 Å². The summed E-state index contributed by atoms with van der Waals surface area (Å²) in [5.41, 5.74) is 3.65. The van der Waals surface area contributed by atoms with Gasteiger partial charge in [-0.15, -0.1) is 0 Å². The third-order valence-corrected chi connectivity index (χ3v) is 6.05. The average molecular weight is 503 g/mol. The molecule has 0 N–H and O–H groups in total. The zero-order valence-electron chi connectivity index (χ0n) is 20.7. The lowest BCUT2D eigenvalue weighted by molar-refractivity contribution is -0.384. The summed E-state index contributed by atoms with van der Waals surface area (Å²) in [5.74, 6) is 0.289. The van der Waals surface area contributed by atoms with Crippen LogP contribution in [0.3, 0.4) is 0 Å². The van der Waals surface area contributed by atoms with Crippen molar-refractivity contribution in [1.29, 1.82) is 0 Å². The fourth-order valence-corrected chi connectivity index (χ4v) is 4.03. The summed E-state index contributed by atoms with van der Waals surface area (Å²) in [4.78, 5) is 36.9. The van der Waals surface area contributed by atoms with Crippen molar-refractivity contribution in [2.45, 2.75) is 12.5 Å². The topological polar surface area (TPSA) is 115 Å². The van der Waals surface area contributed by atoms with Gasteiger partial charge < -0.3 is 14.4 Å². The molecule has 0 aliphatic carbocycles. The minimum Gasteiger partial charge on any atom is -0.493 e. The summed E-state index contributed by atoms with van der Waals surface area (Å²) in [6.45, 7) is -0.305. The molecule has 0 spiro atoms. The quantitative estimate of drug-likeness (QED) is 0.244. The van der Waals surface area contributed by atoms with Crippen LogP contribution in [0.4, 0.5) is 11.4 Å². The number of aldehydes is 1. The lowest BCUT2D eigenvalue weighted by atomic mass is 9.98. The van der Waals surface area contributed by atoms with Crippen molar-refractivity contribution in [3.8, 4) is 11.5 Å². The first kappa shape index (κ1) is 25.4. The number of nitrogens with zero attached hydrogens (tertiary/aromatic N) is 4. The van der Waals surface area contributed by atoms with Gasteiger partial charge in [-0.05, 0) is 53.6 Å². The summed E-state index contributed by atoms with van der Waals surface area (Å²) in [7, 11) is 5.35.